The van der Waals surface area contributed by atoms with Crippen LogP contribution < -0.4 is 5.56 Å². The van der Waals surface area contributed by atoms with Gasteiger partial charge >= 0.3 is 0 Å². The molecule has 1 fully saturated rings. The van der Waals surface area contributed by atoms with Gasteiger partial charge in [-0.2, -0.15) is 0 Å². The zero-order chi connectivity index (χ0) is 21.4. The Labute approximate surface area is 174 Å². The molecule has 2 aliphatic heterocycles. The minimum Gasteiger partial charge on any atom is -0.347 e. The molecule has 4 rings (SSSR count). The number of halogens is 1. The van der Waals surface area contributed by atoms with Crippen molar-refractivity contribution in [2.45, 2.75) is 31.2 Å². The molecule has 158 valence electrons. The Balaban J connectivity index is 1.58. The molecule has 2 bridgehead atoms. The zero-order valence-electron chi connectivity index (χ0n) is 17.3. The van der Waals surface area contributed by atoms with Gasteiger partial charge in [-0.1, -0.05) is 24.3 Å². The lowest BCUT2D eigenvalue weighted by atomic mass is 9.78. The number of hydrogen-bond acceptors (Lipinski definition) is 3. The fourth-order valence-electron chi connectivity index (χ4n) is 4.82. The molecule has 3 heterocycles. The van der Waals surface area contributed by atoms with E-state index in [1.54, 1.807) is 47.8 Å². The van der Waals surface area contributed by atoms with Crippen molar-refractivity contribution in [3.8, 4) is 0 Å². The molecular weight excluding hydrogens is 385 g/mol. The maximum Gasteiger partial charge on any atom is 0.251 e. The van der Waals surface area contributed by atoms with Crippen molar-refractivity contribution < 1.29 is 14.0 Å². The second kappa shape index (κ2) is 8.05. The summed E-state index contributed by atoms with van der Waals surface area (Å²) in [7, 11) is 3.37. The van der Waals surface area contributed by atoms with Gasteiger partial charge in [-0.25, -0.2) is 4.39 Å². The second-order valence-corrected chi connectivity index (χ2v) is 8.42. The van der Waals surface area contributed by atoms with Crippen LogP contribution in [0.3, 0.4) is 0 Å². The van der Waals surface area contributed by atoms with Gasteiger partial charge < -0.3 is 9.80 Å². The van der Waals surface area contributed by atoms with Crippen molar-refractivity contribution in [2.75, 3.05) is 27.2 Å². The highest BCUT2D eigenvalue weighted by atomic mass is 19.1. The molecular formula is C23H26FN3O3. The van der Waals surface area contributed by atoms with E-state index in [0.717, 1.165) is 12.1 Å². The molecule has 3 atom stereocenters. The fraction of sp³-hybridized carbons (Fsp3) is 0.435. The van der Waals surface area contributed by atoms with E-state index in [1.807, 2.05) is 6.07 Å². The highest BCUT2D eigenvalue weighted by Crippen LogP contribution is 2.41. The van der Waals surface area contributed by atoms with Crippen LogP contribution in [0.25, 0.3) is 0 Å². The third-order valence-corrected chi connectivity index (χ3v) is 6.26. The Kier molecular flexibility index (Phi) is 5.45. The molecule has 1 saturated heterocycles. The number of rotatable bonds is 4. The van der Waals surface area contributed by atoms with E-state index in [1.165, 1.54) is 17.0 Å². The van der Waals surface area contributed by atoms with Gasteiger partial charge in [-0.05, 0) is 30.5 Å². The third kappa shape index (κ3) is 3.64. The fourth-order valence-corrected chi connectivity index (χ4v) is 4.82. The number of likely N-dealkylation sites (N-methyl/N-ethyl adjacent to an activating group) is 1. The van der Waals surface area contributed by atoms with Crippen LogP contribution in [0.2, 0.25) is 0 Å². The smallest absolute Gasteiger partial charge is 0.251 e. The predicted molar refractivity (Wildman–Crippen MR) is 111 cm³/mol. The van der Waals surface area contributed by atoms with Crippen molar-refractivity contribution in [3.63, 3.8) is 0 Å². The van der Waals surface area contributed by atoms with Gasteiger partial charge in [0.2, 0.25) is 11.8 Å². The van der Waals surface area contributed by atoms with E-state index in [4.69, 9.17) is 0 Å². The SMILES string of the molecule is CN(C)C(=O)[C@H]1[C@H]2C[C@H](CN(C(=O)CCc3ccccc3F)C2)c2cccc(=O)n21. The normalized spacial score (nSPS) is 22.4. The van der Waals surface area contributed by atoms with Gasteiger partial charge in [-0.15, -0.1) is 0 Å². The maximum atomic E-state index is 13.9. The average Bonchev–Trinajstić information content (AvgIpc) is 2.73. The van der Waals surface area contributed by atoms with Crippen molar-refractivity contribution in [1.29, 1.82) is 0 Å². The third-order valence-electron chi connectivity index (χ3n) is 6.26. The van der Waals surface area contributed by atoms with Gasteiger partial charge in [0.1, 0.15) is 11.9 Å². The molecule has 2 aliphatic rings. The second-order valence-electron chi connectivity index (χ2n) is 8.42. The molecule has 0 N–H and O–H groups in total. The molecule has 1 aromatic carbocycles. The van der Waals surface area contributed by atoms with E-state index in [9.17, 15) is 18.8 Å². The topological polar surface area (TPSA) is 62.6 Å². The van der Waals surface area contributed by atoms with Crippen molar-refractivity contribution >= 4 is 11.8 Å². The summed E-state index contributed by atoms with van der Waals surface area (Å²) in [5.41, 5.74) is 1.16. The first-order chi connectivity index (χ1) is 14.4. The van der Waals surface area contributed by atoms with E-state index in [2.05, 4.69) is 0 Å². The summed E-state index contributed by atoms with van der Waals surface area (Å²) in [4.78, 5) is 41.8. The number of piperidine rings is 1. The molecule has 2 amide bonds. The average molecular weight is 411 g/mol. The lowest BCUT2D eigenvalue weighted by Crippen LogP contribution is -2.54. The first-order valence-corrected chi connectivity index (χ1v) is 10.3. The van der Waals surface area contributed by atoms with Crippen molar-refractivity contribution in [2.24, 2.45) is 5.92 Å². The molecule has 7 heteroatoms. The zero-order valence-corrected chi connectivity index (χ0v) is 17.3. The van der Waals surface area contributed by atoms with Crippen molar-refractivity contribution in [1.82, 2.24) is 14.4 Å². The highest BCUT2D eigenvalue weighted by Gasteiger charge is 2.45. The summed E-state index contributed by atoms with van der Waals surface area (Å²) < 4.78 is 15.5. The number of benzene rings is 1. The quantitative estimate of drug-likeness (QED) is 0.775. The van der Waals surface area contributed by atoms with Crippen LogP contribution in [0, 0.1) is 11.7 Å². The largest absolute Gasteiger partial charge is 0.347 e. The summed E-state index contributed by atoms with van der Waals surface area (Å²) in [5.74, 6) is -0.583. The first kappa shape index (κ1) is 20.3. The van der Waals surface area contributed by atoms with Gasteiger partial charge in [0.05, 0.1) is 0 Å². The maximum absolute atomic E-state index is 13.9. The Hall–Kier alpha value is -2.96. The number of aryl methyl sites for hydroxylation is 1. The predicted octanol–water partition coefficient (Wildman–Crippen LogP) is 2.20. The summed E-state index contributed by atoms with van der Waals surface area (Å²) in [6.45, 7) is 0.941. The summed E-state index contributed by atoms with van der Waals surface area (Å²) >= 11 is 0. The summed E-state index contributed by atoms with van der Waals surface area (Å²) in [5, 5.41) is 0. The number of pyridine rings is 1. The highest BCUT2D eigenvalue weighted by molar-refractivity contribution is 5.81. The molecule has 30 heavy (non-hydrogen) atoms. The number of carbonyl (C=O) groups is 2. The monoisotopic (exact) mass is 411 g/mol. The molecule has 0 spiro atoms. The minimum atomic E-state index is -0.609. The molecule has 6 nitrogen and oxygen atoms in total. The number of hydrogen-bond donors (Lipinski definition) is 0. The Bertz CT molecular complexity index is 1030. The van der Waals surface area contributed by atoms with Crippen LogP contribution in [0.1, 0.15) is 36.1 Å². The van der Waals surface area contributed by atoms with E-state index in [-0.39, 0.29) is 41.4 Å². The van der Waals surface area contributed by atoms with Crippen LogP contribution in [0.5, 0.6) is 0 Å². The van der Waals surface area contributed by atoms with Gasteiger partial charge in [0, 0.05) is 57.2 Å². The van der Waals surface area contributed by atoms with Gasteiger partial charge in [-0.3, -0.25) is 19.0 Å². The van der Waals surface area contributed by atoms with Crippen LogP contribution in [0.15, 0.2) is 47.3 Å². The Morgan fingerprint density at radius 3 is 2.60 bits per heavy atom. The number of likely N-dealkylation sites (tertiary alicyclic amines) is 1. The standard InChI is InChI=1S/C23H26FN3O3/c1-25(2)23(30)22-17-12-16(19-8-5-9-21(29)27(19)22)13-26(14-17)20(28)11-10-15-6-3-4-7-18(15)24/h3-9,16-17,22H,10-14H2,1-2H3/t16-,17+,22-/m1/s1. The number of carbonyl (C=O) groups excluding carboxylic acids is 2. The van der Waals surface area contributed by atoms with Crippen LogP contribution in [-0.4, -0.2) is 53.4 Å². The molecule has 0 radical (unpaired) electrons. The molecule has 1 aromatic heterocycles. The molecule has 0 unspecified atom stereocenters. The van der Waals surface area contributed by atoms with Crippen LogP contribution in [-0.2, 0) is 16.0 Å². The number of fused-ring (bicyclic) bond motifs is 4. The molecule has 2 aromatic rings. The first-order valence-electron chi connectivity index (χ1n) is 10.3. The van der Waals surface area contributed by atoms with Gasteiger partial charge in [0.15, 0.2) is 0 Å². The van der Waals surface area contributed by atoms with Gasteiger partial charge in [0.25, 0.3) is 5.56 Å². The van der Waals surface area contributed by atoms with E-state index >= 15 is 0 Å². The Morgan fingerprint density at radius 2 is 1.87 bits per heavy atom. The molecule has 0 saturated carbocycles. The minimum absolute atomic E-state index is 0.0151. The van der Waals surface area contributed by atoms with E-state index in [0.29, 0.717) is 25.1 Å². The number of nitrogens with zero attached hydrogens (tertiary/aromatic N) is 3. The Morgan fingerprint density at radius 1 is 1.10 bits per heavy atom. The summed E-state index contributed by atoms with van der Waals surface area (Å²) in [6.07, 6.45) is 1.33. The number of amides is 2. The van der Waals surface area contributed by atoms with E-state index < -0.39 is 6.04 Å². The molecule has 0 aliphatic carbocycles. The number of aromatic nitrogens is 1. The van der Waals surface area contributed by atoms with Crippen molar-refractivity contribution in [3.05, 3.63) is 69.9 Å². The lowest BCUT2D eigenvalue weighted by Gasteiger charge is -2.46. The van der Waals surface area contributed by atoms with Crippen LogP contribution >= 0.6 is 0 Å². The lowest BCUT2D eigenvalue weighted by molar-refractivity contribution is -0.140. The summed E-state index contributed by atoms with van der Waals surface area (Å²) in [6, 6.07) is 11.0. The van der Waals surface area contributed by atoms with Crippen LogP contribution in [0.4, 0.5) is 4.39 Å².